The van der Waals surface area contributed by atoms with Crippen molar-refractivity contribution in [2.45, 2.75) is 13.0 Å². The molecule has 0 spiro atoms. The molecule has 11 heteroatoms. The Balaban J connectivity index is 1.60. The highest BCUT2D eigenvalue weighted by Crippen LogP contribution is 2.38. The van der Waals surface area contributed by atoms with Crippen molar-refractivity contribution < 1.29 is 28.5 Å². The average Bonchev–Trinajstić information content (AvgIpc) is 3.33. The van der Waals surface area contributed by atoms with Crippen molar-refractivity contribution >= 4 is 17.8 Å². The number of carbonyl (C=O) groups is 2. The highest BCUT2D eigenvalue weighted by molar-refractivity contribution is 5.92. The minimum Gasteiger partial charge on any atom is -0.493 e. The maximum Gasteiger partial charge on any atom is 0.338 e. The Labute approximate surface area is 196 Å². The second-order valence-electron chi connectivity index (χ2n) is 7.67. The zero-order valence-corrected chi connectivity index (χ0v) is 19.2. The van der Waals surface area contributed by atoms with Gasteiger partial charge in [-0.05, 0) is 24.6 Å². The second-order valence-corrected chi connectivity index (χ2v) is 7.67. The molecule has 1 unspecified atom stereocenters. The molecule has 11 nitrogen and oxygen atoms in total. The smallest absolute Gasteiger partial charge is 0.338 e. The van der Waals surface area contributed by atoms with Gasteiger partial charge in [0.1, 0.15) is 19.0 Å². The van der Waals surface area contributed by atoms with Gasteiger partial charge >= 0.3 is 5.97 Å². The van der Waals surface area contributed by atoms with Crippen LogP contribution in [0.5, 0.6) is 11.5 Å². The second kappa shape index (κ2) is 10.4. The fraction of sp³-hybridized carbons (Fsp3) is 0.391. The summed E-state index contributed by atoms with van der Waals surface area (Å²) in [7, 11) is 1.51. The van der Waals surface area contributed by atoms with E-state index in [1.807, 2.05) is 0 Å². The number of rotatable bonds is 8. The summed E-state index contributed by atoms with van der Waals surface area (Å²) in [5.74, 6) is 0.719. The molecule has 1 aromatic carbocycles. The van der Waals surface area contributed by atoms with Crippen molar-refractivity contribution in [3.05, 3.63) is 54.0 Å². The summed E-state index contributed by atoms with van der Waals surface area (Å²) >= 11 is 0. The van der Waals surface area contributed by atoms with E-state index in [2.05, 4.69) is 22.0 Å². The van der Waals surface area contributed by atoms with Crippen molar-refractivity contribution in [3.63, 3.8) is 0 Å². The van der Waals surface area contributed by atoms with Crippen molar-refractivity contribution in [1.82, 2.24) is 19.7 Å². The highest BCUT2D eigenvalue weighted by Gasteiger charge is 2.35. The average molecular weight is 469 g/mol. The molecule has 1 atom stereocenters. The first kappa shape index (κ1) is 23.3. The maximum absolute atomic E-state index is 12.9. The summed E-state index contributed by atoms with van der Waals surface area (Å²) < 4.78 is 23.5. The molecule has 1 saturated heterocycles. The SMILES string of the molecule is C=CCOC(=O)C1=C(C)Nc2ncnn2C1c1ccc(OCC(=O)N2CCOCC2)c(OC)c1. The zero-order chi connectivity index (χ0) is 24.1. The van der Waals surface area contributed by atoms with Gasteiger partial charge in [-0.25, -0.2) is 9.48 Å². The molecule has 1 N–H and O–H groups in total. The molecule has 34 heavy (non-hydrogen) atoms. The number of anilines is 1. The number of hydrogen-bond donors (Lipinski definition) is 1. The fourth-order valence-electron chi connectivity index (χ4n) is 3.89. The van der Waals surface area contributed by atoms with E-state index >= 15 is 0 Å². The molecule has 180 valence electrons. The summed E-state index contributed by atoms with van der Waals surface area (Å²) in [4.78, 5) is 31.3. The van der Waals surface area contributed by atoms with Crippen molar-refractivity contribution in [2.24, 2.45) is 0 Å². The lowest BCUT2D eigenvalue weighted by Crippen LogP contribution is -2.43. The van der Waals surface area contributed by atoms with Crippen LogP contribution in [0, 0.1) is 0 Å². The van der Waals surface area contributed by atoms with Crippen LogP contribution in [0.1, 0.15) is 18.5 Å². The molecule has 1 fully saturated rings. The van der Waals surface area contributed by atoms with Gasteiger partial charge in [0, 0.05) is 18.8 Å². The molecule has 1 amide bonds. The first-order chi connectivity index (χ1) is 16.5. The molecular weight excluding hydrogens is 442 g/mol. The Kier molecular flexibility index (Phi) is 7.12. The number of carbonyl (C=O) groups excluding carboxylic acids is 2. The molecule has 0 saturated carbocycles. The van der Waals surface area contributed by atoms with E-state index in [1.54, 1.807) is 34.7 Å². The molecule has 2 aromatic rings. The normalized spacial score (nSPS) is 17.5. The van der Waals surface area contributed by atoms with Crippen LogP contribution in [0.4, 0.5) is 5.95 Å². The molecule has 4 rings (SSSR count). The molecule has 3 heterocycles. The first-order valence-electron chi connectivity index (χ1n) is 10.8. The summed E-state index contributed by atoms with van der Waals surface area (Å²) in [6.07, 6.45) is 2.92. The van der Waals surface area contributed by atoms with Crippen LogP contribution in [-0.2, 0) is 19.1 Å². The van der Waals surface area contributed by atoms with E-state index in [-0.39, 0.29) is 19.1 Å². The minimum absolute atomic E-state index is 0.0832. The number of ether oxygens (including phenoxy) is 4. The zero-order valence-electron chi connectivity index (χ0n) is 19.2. The van der Waals surface area contributed by atoms with Crippen LogP contribution in [0.15, 0.2) is 48.5 Å². The van der Waals surface area contributed by atoms with Gasteiger partial charge in [0.15, 0.2) is 18.1 Å². The third kappa shape index (κ3) is 4.74. The van der Waals surface area contributed by atoms with Crippen LogP contribution in [0.25, 0.3) is 0 Å². The fourth-order valence-corrected chi connectivity index (χ4v) is 3.89. The number of esters is 1. The van der Waals surface area contributed by atoms with Crippen molar-refractivity contribution in [1.29, 1.82) is 0 Å². The van der Waals surface area contributed by atoms with Crippen molar-refractivity contribution in [3.8, 4) is 11.5 Å². The molecular formula is C23H27N5O6. The quantitative estimate of drug-likeness (QED) is 0.454. The third-order valence-electron chi connectivity index (χ3n) is 5.56. The van der Waals surface area contributed by atoms with Crippen molar-refractivity contribution in [2.75, 3.05) is 51.9 Å². The van der Waals surface area contributed by atoms with E-state index in [9.17, 15) is 9.59 Å². The standard InChI is InChI=1S/C23H27N5O6/c1-4-9-33-22(30)20-15(2)26-23-24-14-25-28(23)21(20)16-5-6-17(18(12-16)31-3)34-13-19(29)27-7-10-32-11-8-27/h4-6,12,14,21H,1,7-11,13H2,2-3H3,(H,24,25,26). The third-order valence-corrected chi connectivity index (χ3v) is 5.56. The first-order valence-corrected chi connectivity index (χ1v) is 10.8. The molecule has 1 aromatic heterocycles. The predicted octanol–water partition coefficient (Wildman–Crippen LogP) is 1.54. The van der Waals surface area contributed by atoms with E-state index in [1.165, 1.54) is 19.5 Å². The number of methoxy groups -OCH3 is 1. The van der Waals surface area contributed by atoms with Crippen LogP contribution in [-0.4, -0.2) is 78.2 Å². The van der Waals surface area contributed by atoms with Gasteiger partial charge in [-0.2, -0.15) is 10.1 Å². The maximum atomic E-state index is 12.9. The lowest BCUT2D eigenvalue weighted by molar-refractivity contribution is -0.138. The van der Waals surface area contributed by atoms with Gasteiger partial charge < -0.3 is 29.2 Å². The number of fused-ring (bicyclic) bond motifs is 1. The van der Waals surface area contributed by atoms with Crippen LogP contribution in [0.2, 0.25) is 0 Å². The number of nitrogens with one attached hydrogen (secondary N) is 1. The number of allylic oxidation sites excluding steroid dienone is 1. The van der Waals surface area contributed by atoms with Crippen LogP contribution >= 0.6 is 0 Å². The number of amides is 1. The molecule has 2 aliphatic heterocycles. The molecule has 0 aliphatic carbocycles. The van der Waals surface area contributed by atoms with Gasteiger partial charge in [-0.1, -0.05) is 18.7 Å². The predicted molar refractivity (Wildman–Crippen MR) is 122 cm³/mol. The number of aromatic nitrogens is 3. The van der Waals surface area contributed by atoms with E-state index in [0.717, 1.165) is 0 Å². The Morgan fingerprint density at radius 3 is 2.82 bits per heavy atom. The van der Waals surface area contributed by atoms with Crippen LogP contribution in [0.3, 0.4) is 0 Å². The monoisotopic (exact) mass is 469 g/mol. The van der Waals surface area contributed by atoms with Gasteiger partial charge in [0.2, 0.25) is 5.95 Å². The number of benzene rings is 1. The molecule has 0 bridgehead atoms. The Hall–Kier alpha value is -3.86. The largest absolute Gasteiger partial charge is 0.493 e. The lowest BCUT2D eigenvalue weighted by Gasteiger charge is -2.28. The van der Waals surface area contributed by atoms with Gasteiger partial charge in [0.25, 0.3) is 5.91 Å². The summed E-state index contributed by atoms with van der Waals surface area (Å²) in [6, 6.07) is 4.66. The lowest BCUT2D eigenvalue weighted by atomic mass is 9.95. The molecule has 2 aliphatic rings. The topological polar surface area (TPSA) is 117 Å². The van der Waals surface area contributed by atoms with E-state index in [0.29, 0.717) is 60.6 Å². The minimum atomic E-state index is -0.603. The Morgan fingerprint density at radius 1 is 1.29 bits per heavy atom. The summed E-state index contributed by atoms with van der Waals surface area (Å²) in [6.45, 7) is 7.48. The number of nitrogens with zero attached hydrogens (tertiary/aromatic N) is 4. The summed E-state index contributed by atoms with van der Waals surface area (Å²) in [5.41, 5.74) is 1.70. The highest BCUT2D eigenvalue weighted by atomic mass is 16.5. The summed E-state index contributed by atoms with van der Waals surface area (Å²) in [5, 5.41) is 7.39. The van der Waals surface area contributed by atoms with Gasteiger partial charge in [-0.15, -0.1) is 0 Å². The number of morpholine rings is 1. The van der Waals surface area contributed by atoms with Crippen LogP contribution < -0.4 is 14.8 Å². The van der Waals surface area contributed by atoms with E-state index in [4.69, 9.17) is 18.9 Å². The number of hydrogen-bond acceptors (Lipinski definition) is 9. The Morgan fingerprint density at radius 2 is 2.09 bits per heavy atom. The molecule has 0 radical (unpaired) electrons. The Bertz CT molecular complexity index is 1110. The van der Waals surface area contributed by atoms with E-state index < -0.39 is 12.0 Å². The van der Waals surface area contributed by atoms with Gasteiger partial charge in [0.05, 0.1) is 25.9 Å². The van der Waals surface area contributed by atoms with Gasteiger partial charge in [-0.3, -0.25) is 4.79 Å².